The smallest absolute Gasteiger partial charge is 0.267 e. The minimum atomic E-state index is -0.375. The van der Waals surface area contributed by atoms with Gasteiger partial charge in [-0.15, -0.1) is 5.10 Å². The predicted octanol–water partition coefficient (Wildman–Crippen LogP) is 0.307. The molecule has 0 spiro atoms. The quantitative estimate of drug-likeness (QED) is 0.789. The summed E-state index contributed by atoms with van der Waals surface area (Å²) in [5, 5.41) is 13.3. The number of likely N-dealkylation sites (tertiary alicyclic amines) is 1. The van der Waals surface area contributed by atoms with E-state index in [1.54, 1.807) is 4.90 Å². The summed E-state index contributed by atoms with van der Waals surface area (Å²) in [6.45, 7) is 3.01. The molecule has 1 aromatic rings. The molecule has 0 aromatic carbocycles. The van der Waals surface area contributed by atoms with Gasteiger partial charge in [0.05, 0.1) is 11.8 Å². The highest BCUT2D eigenvalue weighted by Crippen LogP contribution is 2.18. The molecule has 2 rings (SSSR count). The number of hydrogen-bond donors (Lipinski definition) is 1. The van der Waals surface area contributed by atoms with Gasteiger partial charge >= 0.3 is 0 Å². The molecule has 15 heavy (non-hydrogen) atoms. The third kappa shape index (κ3) is 2.00. The molecule has 1 aliphatic heterocycles. The third-order valence-corrected chi connectivity index (χ3v) is 3.29. The molecule has 0 radical (unpaired) electrons. The monoisotopic (exact) mass is 227 g/mol. The van der Waals surface area contributed by atoms with Crippen molar-refractivity contribution in [2.75, 3.05) is 13.1 Å². The second-order valence-electron chi connectivity index (χ2n) is 3.60. The second-order valence-corrected chi connectivity index (χ2v) is 4.35. The van der Waals surface area contributed by atoms with E-state index in [1.165, 1.54) is 0 Å². The fourth-order valence-electron chi connectivity index (χ4n) is 1.67. The third-order valence-electron chi connectivity index (χ3n) is 2.54. The maximum absolute atomic E-state index is 12.0. The van der Waals surface area contributed by atoms with Gasteiger partial charge in [0.1, 0.15) is 4.88 Å². The van der Waals surface area contributed by atoms with Crippen LogP contribution in [0.3, 0.4) is 0 Å². The van der Waals surface area contributed by atoms with E-state index in [4.69, 9.17) is 0 Å². The van der Waals surface area contributed by atoms with Crippen LogP contribution in [0.2, 0.25) is 0 Å². The number of carbonyl (C=O) groups is 1. The average molecular weight is 227 g/mol. The fourth-order valence-corrected chi connectivity index (χ4v) is 2.39. The molecule has 5 nitrogen and oxygen atoms in total. The summed E-state index contributed by atoms with van der Waals surface area (Å²) in [5.41, 5.74) is 0.756. The number of rotatable bonds is 2. The Morgan fingerprint density at radius 3 is 3.13 bits per heavy atom. The lowest BCUT2D eigenvalue weighted by Crippen LogP contribution is -2.29. The molecule has 82 valence electrons. The van der Waals surface area contributed by atoms with Gasteiger partial charge in [0, 0.05) is 13.1 Å². The molecule has 6 heteroatoms. The van der Waals surface area contributed by atoms with E-state index in [1.807, 2.05) is 6.92 Å². The molecule has 1 saturated heterocycles. The van der Waals surface area contributed by atoms with Crippen LogP contribution in [0.5, 0.6) is 0 Å². The summed E-state index contributed by atoms with van der Waals surface area (Å²) < 4.78 is 3.79. The predicted molar refractivity (Wildman–Crippen MR) is 55.8 cm³/mol. The number of aryl methyl sites for hydroxylation is 1. The van der Waals surface area contributed by atoms with E-state index in [9.17, 15) is 9.90 Å². The van der Waals surface area contributed by atoms with Gasteiger partial charge in [0.25, 0.3) is 5.91 Å². The van der Waals surface area contributed by atoms with Crippen LogP contribution in [0.25, 0.3) is 0 Å². The molecule has 1 aromatic heterocycles. The summed E-state index contributed by atoms with van der Waals surface area (Å²) in [7, 11) is 0. The van der Waals surface area contributed by atoms with E-state index in [-0.39, 0.29) is 12.0 Å². The van der Waals surface area contributed by atoms with E-state index < -0.39 is 0 Å². The minimum absolute atomic E-state index is 0.0431. The average Bonchev–Trinajstić information content (AvgIpc) is 2.84. The molecule has 2 heterocycles. The topological polar surface area (TPSA) is 66.3 Å². The van der Waals surface area contributed by atoms with Gasteiger partial charge in [-0.2, -0.15) is 0 Å². The van der Waals surface area contributed by atoms with Crippen LogP contribution < -0.4 is 0 Å². The first-order chi connectivity index (χ1) is 7.22. The number of amides is 1. The first-order valence-electron chi connectivity index (χ1n) is 5.01. The van der Waals surface area contributed by atoms with Gasteiger partial charge in [-0.3, -0.25) is 4.79 Å². The standard InChI is InChI=1S/C9H13N3O2S/c1-2-7-8(15-11-10-7)9(14)12-4-3-6(13)5-12/h6,13H,2-5H2,1H3. The van der Waals surface area contributed by atoms with Crippen molar-refractivity contribution in [3.05, 3.63) is 10.6 Å². The number of aromatic nitrogens is 2. The van der Waals surface area contributed by atoms with Crippen LogP contribution in [0, 0.1) is 0 Å². The first kappa shape index (κ1) is 10.5. The maximum Gasteiger partial charge on any atom is 0.267 e. The van der Waals surface area contributed by atoms with Crippen molar-refractivity contribution < 1.29 is 9.90 Å². The lowest BCUT2D eigenvalue weighted by molar-refractivity contribution is 0.0768. The molecule has 1 atom stereocenters. The van der Waals surface area contributed by atoms with E-state index in [2.05, 4.69) is 9.59 Å². The minimum Gasteiger partial charge on any atom is -0.391 e. The van der Waals surface area contributed by atoms with Crippen molar-refractivity contribution in [3.8, 4) is 0 Å². The second kappa shape index (κ2) is 4.24. The molecular weight excluding hydrogens is 214 g/mol. The Balaban J connectivity index is 2.14. The number of β-amino-alcohol motifs (C(OH)–C–C–N with tert-alkyl or cyclic N) is 1. The lowest BCUT2D eigenvalue weighted by Gasteiger charge is -2.14. The Labute approximate surface area is 91.9 Å². The zero-order chi connectivity index (χ0) is 10.8. The zero-order valence-corrected chi connectivity index (χ0v) is 9.33. The van der Waals surface area contributed by atoms with Crippen LogP contribution in [0.4, 0.5) is 0 Å². The van der Waals surface area contributed by atoms with Crippen molar-refractivity contribution in [2.45, 2.75) is 25.9 Å². The normalized spacial score (nSPS) is 20.9. The van der Waals surface area contributed by atoms with Crippen molar-refractivity contribution in [1.82, 2.24) is 14.5 Å². The van der Waals surface area contributed by atoms with Gasteiger partial charge in [-0.25, -0.2) is 0 Å². The lowest BCUT2D eigenvalue weighted by atomic mass is 10.3. The van der Waals surface area contributed by atoms with Crippen molar-refractivity contribution >= 4 is 17.4 Å². The summed E-state index contributed by atoms with van der Waals surface area (Å²) >= 11 is 1.14. The Hall–Kier alpha value is -1.01. The molecule has 1 amide bonds. The summed E-state index contributed by atoms with van der Waals surface area (Å²) in [4.78, 5) is 14.3. The summed E-state index contributed by atoms with van der Waals surface area (Å²) in [5.74, 6) is -0.0431. The van der Waals surface area contributed by atoms with Crippen LogP contribution >= 0.6 is 11.5 Å². The van der Waals surface area contributed by atoms with Gasteiger partial charge in [-0.05, 0) is 24.4 Å². The number of nitrogens with zero attached hydrogens (tertiary/aromatic N) is 3. The van der Waals surface area contributed by atoms with Crippen LogP contribution in [0.15, 0.2) is 0 Å². The Kier molecular flexibility index (Phi) is 2.97. The zero-order valence-electron chi connectivity index (χ0n) is 8.51. The van der Waals surface area contributed by atoms with Crippen molar-refractivity contribution in [2.24, 2.45) is 0 Å². The molecule has 1 aliphatic rings. The van der Waals surface area contributed by atoms with Crippen LogP contribution in [0.1, 0.15) is 28.7 Å². The SMILES string of the molecule is CCc1nnsc1C(=O)N1CCC(O)C1. The summed E-state index contributed by atoms with van der Waals surface area (Å²) in [6, 6.07) is 0. The molecule has 0 saturated carbocycles. The largest absolute Gasteiger partial charge is 0.391 e. The molecular formula is C9H13N3O2S. The molecule has 1 fully saturated rings. The van der Waals surface area contributed by atoms with Crippen LogP contribution in [-0.2, 0) is 6.42 Å². The van der Waals surface area contributed by atoms with Gasteiger partial charge < -0.3 is 10.0 Å². The number of carbonyl (C=O) groups excluding carboxylic acids is 1. The molecule has 0 bridgehead atoms. The van der Waals surface area contributed by atoms with E-state index >= 15 is 0 Å². The molecule has 1 N–H and O–H groups in total. The van der Waals surface area contributed by atoms with Gasteiger partial charge in [0.2, 0.25) is 0 Å². The fraction of sp³-hybridized carbons (Fsp3) is 0.667. The van der Waals surface area contributed by atoms with Gasteiger partial charge in [-0.1, -0.05) is 11.4 Å². The van der Waals surface area contributed by atoms with Gasteiger partial charge in [0.15, 0.2) is 0 Å². The molecule has 1 unspecified atom stereocenters. The highest BCUT2D eigenvalue weighted by atomic mass is 32.1. The van der Waals surface area contributed by atoms with Crippen molar-refractivity contribution in [1.29, 1.82) is 0 Å². The first-order valence-corrected chi connectivity index (χ1v) is 5.78. The number of aliphatic hydroxyl groups is 1. The Morgan fingerprint density at radius 1 is 1.73 bits per heavy atom. The summed E-state index contributed by atoms with van der Waals surface area (Å²) in [6.07, 6.45) is 1.01. The number of aliphatic hydroxyl groups excluding tert-OH is 1. The Morgan fingerprint density at radius 2 is 2.53 bits per heavy atom. The molecule has 0 aliphatic carbocycles. The Bertz CT molecular complexity index is 366. The highest BCUT2D eigenvalue weighted by Gasteiger charge is 2.28. The van der Waals surface area contributed by atoms with E-state index in [0.29, 0.717) is 30.8 Å². The van der Waals surface area contributed by atoms with Crippen LogP contribution in [-0.4, -0.2) is 44.7 Å². The highest BCUT2D eigenvalue weighted by molar-refractivity contribution is 7.08. The number of hydrogen-bond acceptors (Lipinski definition) is 5. The van der Waals surface area contributed by atoms with E-state index in [0.717, 1.165) is 17.2 Å². The maximum atomic E-state index is 12.0. The van der Waals surface area contributed by atoms with Crippen molar-refractivity contribution in [3.63, 3.8) is 0 Å².